The van der Waals surface area contributed by atoms with Gasteiger partial charge in [0.05, 0.1) is 17.7 Å². The van der Waals surface area contributed by atoms with E-state index < -0.39 is 0 Å². The molecule has 0 bridgehead atoms. The van der Waals surface area contributed by atoms with Gasteiger partial charge < -0.3 is 9.47 Å². The van der Waals surface area contributed by atoms with Gasteiger partial charge in [-0.15, -0.1) is 0 Å². The largest absolute Gasteiger partial charge is 0.493 e. The van der Waals surface area contributed by atoms with Gasteiger partial charge in [-0.05, 0) is 42.0 Å². The molecule has 1 aliphatic heterocycles. The first kappa shape index (κ1) is 21.4. The van der Waals surface area contributed by atoms with E-state index in [-0.39, 0.29) is 5.91 Å². The highest BCUT2D eigenvalue weighted by Gasteiger charge is 2.33. The number of para-hydroxylation sites is 1. The molecule has 156 valence electrons. The molecule has 0 N–H and O–H groups in total. The van der Waals surface area contributed by atoms with Crippen LogP contribution in [0.25, 0.3) is 6.08 Å². The third-order valence-electron chi connectivity index (χ3n) is 4.63. The fraction of sp³-hybridized carbons (Fsp3) is 0.0833. The summed E-state index contributed by atoms with van der Waals surface area (Å²) in [6.45, 7) is 0.325. The van der Waals surface area contributed by atoms with Gasteiger partial charge in [0.25, 0.3) is 5.91 Å². The molecule has 7 heteroatoms. The Kier molecular flexibility index (Phi) is 6.61. The van der Waals surface area contributed by atoms with Gasteiger partial charge in [-0.1, -0.05) is 78.0 Å². The maximum atomic E-state index is 12.9. The van der Waals surface area contributed by atoms with Crippen LogP contribution in [0, 0.1) is 0 Å². The maximum Gasteiger partial charge on any atom is 0.270 e. The van der Waals surface area contributed by atoms with Crippen LogP contribution >= 0.6 is 35.6 Å². The summed E-state index contributed by atoms with van der Waals surface area (Å²) in [5.41, 5.74) is 2.46. The van der Waals surface area contributed by atoms with Crippen molar-refractivity contribution < 1.29 is 14.3 Å². The Hall–Kier alpha value is -2.80. The molecule has 1 heterocycles. The van der Waals surface area contributed by atoms with Crippen LogP contribution in [0.5, 0.6) is 11.5 Å². The van der Waals surface area contributed by atoms with E-state index in [1.165, 1.54) is 11.8 Å². The van der Waals surface area contributed by atoms with Crippen LogP contribution in [-0.4, -0.2) is 17.3 Å². The van der Waals surface area contributed by atoms with E-state index in [1.807, 2.05) is 78.9 Å². The summed E-state index contributed by atoms with van der Waals surface area (Å²) >= 11 is 12.9. The number of benzene rings is 3. The van der Waals surface area contributed by atoms with E-state index >= 15 is 0 Å². The Bertz CT molecular complexity index is 1160. The van der Waals surface area contributed by atoms with Crippen molar-refractivity contribution >= 4 is 57.6 Å². The summed E-state index contributed by atoms with van der Waals surface area (Å²) in [4.78, 5) is 15.0. The molecular formula is C24H18ClNO3S2. The number of halogens is 1. The van der Waals surface area contributed by atoms with Crippen molar-refractivity contribution in [3.63, 3.8) is 0 Å². The Morgan fingerprint density at radius 1 is 1.03 bits per heavy atom. The zero-order valence-electron chi connectivity index (χ0n) is 16.6. The van der Waals surface area contributed by atoms with Crippen LogP contribution in [0.15, 0.2) is 77.7 Å². The van der Waals surface area contributed by atoms with Crippen molar-refractivity contribution in [3.05, 3.63) is 93.9 Å². The van der Waals surface area contributed by atoms with E-state index in [2.05, 4.69) is 0 Å². The number of hydrogen-bond donors (Lipinski definition) is 0. The number of amides is 1. The van der Waals surface area contributed by atoms with Gasteiger partial charge in [0.1, 0.15) is 6.61 Å². The molecule has 1 fully saturated rings. The number of hydrogen-bond acceptors (Lipinski definition) is 5. The Morgan fingerprint density at radius 3 is 2.52 bits per heavy atom. The van der Waals surface area contributed by atoms with Crippen LogP contribution in [0.1, 0.15) is 11.1 Å². The quantitative estimate of drug-likeness (QED) is 0.312. The van der Waals surface area contributed by atoms with E-state index in [4.69, 9.17) is 33.3 Å². The highest BCUT2D eigenvalue weighted by atomic mass is 35.5. The molecule has 4 rings (SSSR count). The Balaban J connectivity index is 1.54. The molecule has 0 aromatic heterocycles. The average Bonchev–Trinajstić information content (AvgIpc) is 3.07. The molecular weight excluding hydrogens is 450 g/mol. The normalized spacial score (nSPS) is 14.9. The lowest BCUT2D eigenvalue weighted by molar-refractivity contribution is -0.113. The number of nitrogens with zero attached hydrogens (tertiary/aromatic N) is 1. The minimum atomic E-state index is -0.140. The first-order valence-electron chi connectivity index (χ1n) is 9.44. The van der Waals surface area contributed by atoms with Crippen LogP contribution in [0.3, 0.4) is 0 Å². The SMILES string of the molecule is COc1cc(/C=C2/SC(=S)N(c3ccccc3)C2=O)ccc1OCc1ccccc1Cl. The fourth-order valence-electron chi connectivity index (χ4n) is 3.08. The van der Waals surface area contributed by atoms with Gasteiger partial charge >= 0.3 is 0 Å². The molecule has 1 saturated heterocycles. The Labute approximate surface area is 195 Å². The number of ether oxygens (including phenoxy) is 2. The fourth-order valence-corrected chi connectivity index (χ4v) is 4.57. The smallest absolute Gasteiger partial charge is 0.270 e. The maximum absolute atomic E-state index is 12.9. The van der Waals surface area contributed by atoms with Crippen molar-refractivity contribution in [1.82, 2.24) is 0 Å². The zero-order valence-corrected chi connectivity index (χ0v) is 19.0. The second-order valence-corrected chi connectivity index (χ2v) is 8.73. The first-order valence-corrected chi connectivity index (χ1v) is 11.0. The standard InChI is InChI=1S/C24H18ClNO3S2/c1-28-21-13-16(11-12-20(21)29-15-17-7-5-6-10-19(17)25)14-22-23(27)26(24(30)31-22)18-8-3-2-4-9-18/h2-14H,15H2,1H3/b22-14+. The third kappa shape index (κ3) is 4.77. The number of thiocarbonyl (C=S) groups is 1. The number of anilines is 1. The monoisotopic (exact) mass is 467 g/mol. The molecule has 0 atom stereocenters. The molecule has 0 radical (unpaired) electrons. The number of carbonyl (C=O) groups is 1. The molecule has 3 aromatic rings. The first-order chi connectivity index (χ1) is 15.1. The summed E-state index contributed by atoms with van der Waals surface area (Å²) in [6.07, 6.45) is 1.81. The van der Waals surface area contributed by atoms with Gasteiger partial charge in [0.15, 0.2) is 15.8 Å². The van der Waals surface area contributed by atoms with E-state index in [1.54, 1.807) is 12.0 Å². The van der Waals surface area contributed by atoms with Gasteiger partial charge in [0.2, 0.25) is 0 Å². The molecule has 1 aliphatic rings. The second kappa shape index (κ2) is 9.56. The van der Waals surface area contributed by atoms with Crippen molar-refractivity contribution in [1.29, 1.82) is 0 Å². The predicted octanol–water partition coefficient (Wildman–Crippen LogP) is 6.33. The van der Waals surface area contributed by atoms with E-state index in [0.717, 1.165) is 16.8 Å². The summed E-state index contributed by atoms with van der Waals surface area (Å²) < 4.78 is 11.9. The minimum absolute atomic E-state index is 0.140. The van der Waals surface area contributed by atoms with Gasteiger partial charge in [-0.25, -0.2) is 0 Å². The van der Waals surface area contributed by atoms with Crippen LogP contribution in [-0.2, 0) is 11.4 Å². The highest BCUT2D eigenvalue weighted by Crippen LogP contribution is 2.37. The summed E-state index contributed by atoms with van der Waals surface area (Å²) in [5, 5.41) is 0.651. The molecule has 31 heavy (non-hydrogen) atoms. The van der Waals surface area contributed by atoms with Crippen molar-refractivity contribution in [2.24, 2.45) is 0 Å². The topological polar surface area (TPSA) is 38.8 Å². The van der Waals surface area contributed by atoms with Crippen LogP contribution in [0.2, 0.25) is 5.02 Å². The van der Waals surface area contributed by atoms with Crippen molar-refractivity contribution in [2.75, 3.05) is 12.0 Å². The summed E-state index contributed by atoms with van der Waals surface area (Å²) in [5.74, 6) is 1.02. The lowest BCUT2D eigenvalue weighted by Crippen LogP contribution is -2.27. The van der Waals surface area contributed by atoms with Gasteiger partial charge in [0, 0.05) is 10.6 Å². The van der Waals surface area contributed by atoms with Crippen molar-refractivity contribution in [3.8, 4) is 11.5 Å². The molecule has 1 amide bonds. The second-order valence-electron chi connectivity index (χ2n) is 6.64. The number of methoxy groups -OCH3 is 1. The number of rotatable bonds is 6. The molecule has 0 unspecified atom stereocenters. The lowest BCUT2D eigenvalue weighted by Gasteiger charge is -2.14. The van der Waals surface area contributed by atoms with Crippen LogP contribution in [0.4, 0.5) is 5.69 Å². The van der Waals surface area contributed by atoms with E-state index in [0.29, 0.717) is 32.4 Å². The summed E-state index contributed by atoms with van der Waals surface area (Å²) in [6, 6.07) is 22.4. The number of thioether (sulfide) groups is 1. The lowest BCUT2D eigenvalue weighted by atomic mass is 10.1. The van der Waals surface area contributed by atoms with Gasteiger partial charge in [-0.2, -0.15) is 0 Å². The zero-order chi connectivity index (χ0) is 21.8. The molecule has 4 nitrogen and oxygen atoms in total. The average molecular weight is 468 g/mol. The summed E-state index contributed by atoms with van der Waals surface area (Å²) in [7, 11) is 1.58. The molecule has 0 saturated carbocycles. The van der Waals surface area contributed by atoms with Crippen molar-refractivity contribution in [2.45, 2.75) is 6.61 Å². The molecule has 3 aromatic carbocycles. The van der Waals surface area contributed by atoms with Gasteiger partial charge in [-0.3, -0.25) is 9.69 Å². The minimum Gasteiger partial charge on any atom is -0.493 e. The van der Waals surface area contributed by atoms with Crippen LogP contribution < -0.4 is 14.4 Å². The predicted molar refractivity (Wildman–Crippen MR) is 131 cm³/mol. The number of carbonyl (C=O) groups excluding carboxylic acids is 1. The molecule has 0 aliphatic carbocycles. The highest BCUT2D eigenvalue weighted by molar-refractivity contribution is 8.27. The molecule has 0 spiro atoms. The third-order valence-corrected chi connectivity index (χ3v) is 6.31. The Morgan fingerprint density at radius 2 is 1.77 bits per heavy atom. The van der Waals surface area contributed by atoms with E-state index in [9.17, 15) is 4.79 Å².